The van der Waals surface area contributed by atoms with Crippen LogP contribution in [0.2, 0.25) is 0 Å². The molecule has 1 amide bonds. The van der Waals surface area contributed by atoms with Crippen molar-refractivity contribution < 1.29 is 4.79 Å². The first-order chi connectivity index (χ1) is 7.27. The molecular formula is C13H25NO. The fraction of sp³-hybridized carbons (Fsp3) is 0.923. The van der Waals surface area contributed by atoms with Gasteiger partial charge in [-0.3, -0.25) is 4.79 Å². The van der Waals surface area contributed by atoms with Gasteiger partial charge in [0.1, 0.15) is 6.04 Å². The minimum atomic E-state index is 0.282. The first-order valence-corrected chi connectivity index (χ1v) is 6.54. The summed E-state index contributed by atoms with van der Waals surface area (Å²) in [6, 6.07) is 0.282. The normalized spacial score (nSPS) is 19.7. The molecule has 1 saturated heterocycles. The van der Waals surface area contributed by atoms with E-state index in [9.17, 15) is 4.79 Å². The lowest BCUT2D eigenvalue weighted by molar-refractivity contribution is -0.113. The van der Waals surface area contributed by atoms with E-state index in [0.29, 0.717) is 5.91 Å². The summed E-state index contributed by atoms with van der Waals surface area (Å²) in [5.41, 5.74) is 0. The smallest absolute Gasteiger partial charge is 0.245 e. The van der Waals surface area contributed by atoms with Crippen molar-refractivity contribution in [3.05, 3.63) is 0 Å². The van der Waals surface area contributed by atoms with Crippen LogP contribution in [-0.2, 0) is 4.79 Å². The monoisotopic (exact) mass is 211 g/mol. The third-order valence-electron chi connectivity index (χ3n) is 3.36. The molecule has 1 aliphatic rings. The molecule has 0 spiro atoms. The largest absolute Gasteiger partial charge is 0.332 e. The molecule has 1 fully saturated rings. The van der Waals surface area contributed by atoms with Gasteiger partial charge in [-0.15, -0.1) is 0 Å². The summed E-state index contributed by atoms with van der Waals surface area (Å²) >= 11 is 0. The highest BCUT2D eigenvalue weighted by Gasteiger charge is 2.40. The first kappa shape index (κ1) is 12.5. The highest BCUT2D eigenvalue weighted by molar-refractivity contribution is 5.96. The quantitative estimate of drug-likeness (QED) is 0.423. The number of carbonyl (C=O) groups is 1. The van der Waals surface area contributed by atoms with Gasteiger partial charge in [0.25, 0.3) is 0 Å². The summed E-state index contributed by atoms with van der Waals surface area (Å²) in [5, 5.41) is 0. The molecule has 2 nitrogen and oxygen atoms in total. The topological polar surface area (TPSA) is 20.1 Å². The zero-order chi connectivity index (χ0) is 11.1. The van der Waals surface area contributed by atoms with Gasteiger partial charge in [-0.25, -0.2) is 0 Å². The van der Waals surface area contributed by atoms with Gasteiger partial charge in [0.15, 0.2) is 0 Å². The van der Waals surface area contributed by atoms with Crippen LogP contribution in [0.3, 0.4) is 0 Å². The van der Waals surface area contributed by atoms with Crippen LogP contribution in [0.1, 0.15) is 64.7 Å². The number of nitrogens with zero attached hydrogens (tertiary/aromatic N) is 1. The lowest BCUT2D eigenvalue weighted by Crippen LogP contribution is -1.93. The van der Waals surface area contributed by atoms with E-state index in [1.54, 1.807) is 0 Å². The Hall–Kier alpha value is -0.530. The molecule has 1 rings (SSSR count). The third-order valence-corrected chi connectivity index (χ3v) is 3.36. The molecule has 0 aromatic carbocycles. The van der Waals surface area contributed by atoms with Crippen LogP contribution in [0, 0.1) is 0 Å². The number of rotatable bonds is 9. The second kappa shape index (κ2) is 6.86. The van der Waals surface area contributed by atoms with Crippen molar-refractivity contribution in [1.29, 1.82) is 0 Å². The number of amides is 1. The van der Waals surface area contributed by atoms with Gasteiger partial charge in [-0.1, -0.05) is 58.3 Å². The van der Waals surface area contributed by atoms with E-state index in [-0.39, 0.29) is 6.04 Å². The highest BCUT2D eigenvalue weighted by atomic mass is 16.2. The van der Waals surface area contributed by atoms with Crippen LogP contribution in [0.4, 0.5) is 0 Å². The lowest BCUT2D eigenvalue weighted by Gasteiger charge is -2.00. The van der Waals surface area contributed by atoms with Crippen molar-refractivity contribution in [3.63, 3.8) is 0 Å². The number of likely N-dealkylation sites (N-methyl/N-ethyl adjacent to an activating group) is 1. The molecule has 0 bridgehead atoms. The molecule has 15 heavy (non-hydrogen) atoms. The molecular weight excluding hydrogens is 186 g/mol. The molecule has 2 heteroatoms. The molecule has 0 saturated carbocycles. The van der Waals surface area contributed by atoms with Gasteiger partial charge in [0.05, 0.1) is 0 Å². The Bertz CT molecular complexity index is 191. The van der Waals surface area contributed by atoms with Crippen molar-refractivity contribution in [3.8, 4) is 0 Å². The average Bonchev–Trinajstić information content (AvgIpc) is 2.80. The first-order valence-electron chi connectivity index (χ1n) is 6.54. The molecule has 0 aromatic heterocycles. The molecule has 0 aromatic rings. The highest BCUT2D eigenvalue weighted by Crippen LogP contribution is 2.22. The van der Waals surface area contributed by atoms with E-state index in [2.05, 4.69) is 6.92 Å². The second-order valence-electron chi connectivity index (χ2n) is 4.73. The summed E-state index contributed by atoms with van der Waals surface area (Å²) in [7, 11) is 1.90. The maximum Gasteiger partial charge on any atom is 0.245 e. The lowest BCUT2D eigenvalue weighted by atomic mass is 10.1. The van der Waals surface area contributed by atoms with Crippen LogP contribution < -0.4 is 0 Å². The minimum Gasteiger partial charge on any atom is -0.332 e. The van der Waals surface area contributed by atoms with E-state index < -0.39 is 0 Å². The maximum atomic E-state index is 11.0. The Kier molecular flexibility index (Phi) is 5.74. The predicted octanol–water partition coefficient (Wildman–Crippen LogP) is 3.36. The Labute approximate surface area is 94.0 Å². The van der Waals surface area contributed by atoms with Gasteiger partial charge in [-0.05, 0) is 6.42 Å². The van der Waals surface area contributed by atoms with Gasteiger partial charge >= 0.3 is 0 Å². The SMILES string of the molecule is CCCCCCCCCCC1C(=O)N1C. The summed E-state index contributed by atoms with van der Waals surface area (Å²) < 4.78 is 0. The average molecular weight is 211 g/mol. The van der Waals surface area contributed by atoms with Gasteiger partial charge in [0, 0.05) is 7.05 Å². The van der Waals surface area contributed by atoms with Crippen LogP contribution in [0.5, 0.6) is 0 Å². The summed E-state index contributed by atoms with van der Waals surface area (Å²) in [6.07, 6.45) is 11.9. The van der Waals surface area contributed by atoms with E-state index in [1.807, 2.05) is 11.9 Å². The van der Waals surface area contributed by atoms with Crippen LogP contribution in [0.15, 0.2) is 0 Å². The van der Waals surface area contributed by atoms with Gasteiger partial charge in [-0.2, -0.15) is 0 Å². The molecule has 88 valence electrons. The van der Waals surface area contributed by atoms with E-state index >= 15 is 0 Å². The number of unbranched alkanes of at least 4 members (excludes halogenated alkanes) is 7. The number of hydrogen-bond donors (Lipinski definition) is 0. The molecule has 1 unspecified atom stereocenters. The van der Waals surface area contributed by atoms with Crippen molar-refractivity contribution >= 4 is 5.91 Å². The Morgan fingerprint density at radius 1 is 1.00 bits per heavy atom. The zero-order valence-electron chi connectivity index (χ0n) is 10.3. The van der Waals surface area contributed by atoms with Crippen LogP contribution in [0.25, 0.3) is 0 Å². The zero-order valence-corrected chi connectivity index (χ0v) is 10.3. The molecule has 0 aliphatic carbocycles. The Balaban J connectivity index is 1.76. The fourth-order valence-corrected chi connectivity index (χ4v) is 2.11. The maximum absolute atomic E-state index is 11.0. The Morgan fingerprint density at radius 3 is 1.93 bits per heavy atom. The molecule has 1 heterocycles. The molecule has 0 N–H and O–H groups in total. The van der Waals surface area contributed by atoms with Crippen molar-refractivity contribution in [1.82, 2.24) is 4.90 Å². The molecule has 1 atom stereocenters. The van der Waals surface area contributed by atoms with E-state index in [0.717, 1.165) is 6.42 Å². The molecule has 0 radical (unpaired) electrons. The third kappa shape index (κ3) is 4.67. The van der Waals surface area contributed by atoms with Gasteiger partial charge < -0.3 is 4.90 Å². The van der Waals surface area contributed by atoms with Crippen molar-refractivity contribution in [2.45, 2.75) is 70.8 Å². The predicted molar refractivity (Wildman–Crippen MR) is 63.8 cm³/mol. The number of hydrogen-bond acceptors (Lipinski definition) is 1. The van der Waals surface area contributed by atoms with E-state index in [1.165, 1.54) is 51.4 Å². The number of carbonyl (C=O) groups excluding carboxylic acids is 1. The molecule has 1 aliphatic heterocycles. The van der Waals surface area contributed by atoms with E-state index in [4.69, 9.17) is 0 Å². The van der Waals surface area contributed by atoms with Gasteiger partial charge in [0.2, 0.25) is 5.91 Å². The van der Waals surface area contributed by atoms with Crippen LogP contribution >= 0.6 is 0 Å². The fourth-order valence-electron chi connectivity index (χ4n) is 2.11. The summed E-state index contributed by atoms with van der Waals surface area (Å²) in [5.74, 6) is 0.345. The van der Waals surface area contributed by atoms with Crippen molar-refractivity contribution in [2.75, 3.05) is 7.05 Å². The summed E-state index contributed by atoms with van der Waals surface area (Å²) in [4.78, 5) is 12.8. The second-order valence-corrected chi connectivity index (χ2v) is 4.73. The standard InChI is InChI=1S/C13H25NO/c1-3-4-5-6-7-8-9-10-11-12-13(15)14(12)2/h12H,3-11H2,1-2H3. The minimum absolute atomic E-state index is 0.282. The Morgan fingerprint density at radius 2 is 1.47 bits per heavy atom. The summed E-state index contributed by atoms with van der Waals surface area (Å²) in [6.45, 7) is 2.25. The van der Waals surface area contributed by atoms with Crippen molar-refractivity contribution in [2.24, 2.45) is 0 Å². The van der Waals surface area contributed by atoms with Crippen LogP contribution in [-0.4, -0.2) is 23.9 Å².